The summed E-state index contributed by atoms with van der Waals surface area (Å²) in [5, 5.41) is 11.0. The number of fused-ring (bicyclic) bond motifs is 4. The molecular formula is C23H30O2. The molecule has 2 fully saturated rings. The van der Waals surface area contributed by atoms with E-state index in [-0.39, 0.29) is 17.3 Å². The molecule has 0 amide bonds. The van der Waals surface area contributed by atoms with Crippen LogP contribution in [0, 0.1) is 40.9 Å². The molecule has 1 N–H and O–H groups in total. The molecule has 2 unspecified atom stereocenters. The molecular weight excluding hydrogens is 308 g/mol. The van der Waals surface area contributed by atoms with Crippen molar-refractivity contribution in [3.8, 4) is 11.8 Å². The van der Waals surface area contributed by atoms with E-state index in [4.69, 9.17) is 0 Å². The summed E-state index contributed by atoms with van der Waals surface area (Å²) in [6, 6.07) is 0. The van der Waals surface area contributed by atoms with Crippen LogP contribution in [0.15, 0.2) is 22.8 Å². The second-order valence-corrected chi connectivity index (χ2v) is 9.12. The molecule has 0 aromatic heterocycles. The Balaban J connectivity index is 1.70. The minimum absolute atomic E-state index is 0.232. The van der Waals surface area contributed by atoms with Crippen molar-refractivity contribution < 1.29 is 9.90 Å². The number of allylic oxidation sites excluding steroid dienone is 2. The number of aliphatic hydroxyl groups excluding tert-OH is 1. The van der Waals surface area contributed by atoms with Gasteiger partial charge >= 0.3 is 0 Å². The third kappa shape index (κ3) is 2.72. The van der Waals surface area contributed by atoms with Gasteiger partial charge in [0.15, 0.2) is 5.78 Å². The van der Waals surface area contributed by atoms with Crippen molar-refractivity contribution in [1.82, 2.24) is 0 Å². The topological polar surface area (TPSA) is 37.3 Å². The molecule has 25 heavy (non-hydrogen) atoms. The molecule has 0 saturated heterocycles. The van der Waals surface area contributed by atoms with Crippen molar-refractivity contribution in [3.05, 3.63) is 22.8 Å². The molecule has 0 heterocycles. The van der Waals surface area contributed by atoms with Gasteiger partial charge in [-0.05, 0) is 67.1 Å². The van der Waals surface area contributed by atoms with Gasteiger partial charge in [-0.2, -0.15) is 0 Å². The minimum atomic E-state index is -0.322. The Hall–Kier alpha value is -1.33. The number of carbonyl (C=O) groups is 1. The lowest BCUT2D eigenvalue weighted by Crippen LogP contribution is -2.45. The van der Waals surface area contributed by atoms with Gasteiger partial charge in [-0.1, -0.05) is 32.3 Å². The van der Waals surface area contributed by atoms with Crippen LogP contribution in [0.2, 0.25) is 0 Å². The molecule has 4 rings (SSSR count). The van der Waals surface area contributed by atoms with Gasteiger partial charge in [0.2, 0.25) is 0 Å². The zero-order chi connectivity index (χ0) is 17.8. The van der Waals surface area contributed by atoms with Gasteiger partial charge in [0.25, 0.3) is 0 Å². The maximum atomic E-state index is 11.8. The molecule has 0 aromatic carbocycles. The van der Waals surface area contributed by atoms with Crippen LogP contribution in [0.4, 0.5) is 0 Å². The predicted molar refractivity (Wildman–Crippen MR) is 99.6 cm³/mol. The first-order chi connectivity index (χ1) is 11.9. The van der Waals surface area contributed by atoms with E-state index in [0.29, 0.717) is 36.5 Å². The van der Waals surface area contributed by atoms with Crippen LogP contribution < -0.4 is 0 Å². The molecule has 2 nitrogen and oxygen atoms in total. The standard InChI is InChI=1S/C23H30O2/c1-14(2)4-5-16-6-9-20-22-19(10-11-23(16,20)3)18-8-7-17(24)12-15(18)13-21(22)25/h12,14,16,20-22,25H,6-11,13H2,1-3H3/t16?,20-,21?,22+,23+/m0/s1. The summed E-state index contributed by atoms with van der Waals surface area (Å²) in [6.45, 7) is 6.75. The summed E-state index contributed by atoms with van der Waals surface area (Å²) in [5.74, 6) is 8.97. The van der Waals surface area contributed by atoms with E-state index in [1.807, 2.05) is 6.08 Å². The van der Waals surface area contributed by atoms with Gasteiger partial charge in [0.05, 0.1) is 6.10 Å². The van der Waals surface area contributed by atoms with Crippen LogP contribution in [-0.4, -0.2) is 17.0 Å². The molecule has 0 radical (unpaired) electrons. The number of carbonyl (C=O) groups excluding carboxylic acids is 1. The highest BCUT2D eigenvalue weighted by Crippen LogP contribution is 2.62. The molecule has 0 aromatic rings. The summed E-state index contributed by atoms with van der Waals surface area (Å²) in [5.41, 5.74) is 4.28. The summed E-state index contributed by atoms with van der Waals surface area (Å²) in [4.78, 5) is 11.8. The highest BCUT2D eigenvalue weighted by Gasteiger charge is 2.55. The maximum absolute atomic E-state index is 11.8. The fourth-order valence-electron chi connectivity index (χ4n) is 6.05. The number of hydrogen-bond acceptors (Lipinski definition) is 2. The first kappa shape index (κ1) is 17.1. The van der Waals surface area contributed by atoms with Crippen LogP contribution in [0.25, 0.3) is 0 Å². The Labute approximate surface area is 151 Å². The summed E-state index contributed by atoms with van der Waals surface area (Å²) in [7, 11) is 0. The Morgan fingerprint density at radius 3 is 2.80 bits per heavy atom. The van der Waals surface area contributed by atoms with Crippen molar-refractivity contribution in [2.45, 2.75) is 71.8 Å². The van der Waals surface area contributed by atoms with Crippen LogP contribution in [-0.2, 0) is 4.79 Å². The smallest absolute Gasteiger partial charge is 0.156 e. The summed E-state index contributed by atoms with van der Waals surface area (Å²) in [6.07, 6.45) is 8.32. The van der Waals surface area contributed by atoms with Crippen LogP contribution in [0.1, 0.15) is 65.7 Å². The number of aliphatic hydroxyl groups is 1. The van der Waals surface area contributed by atoms with Gasteiger partial charge in [0, 0.05) is 24.2 Å². The third-order valence-electron chi connectivity index (χ3n) is 7.30. The highest BCUT2D eigenvalue weighted by molar-refractivity contribution is 5.93. The normalized spacial score (nSPS) is 40.0. The Morgan fingerprint density at radius 2 is 2.04 bits per heavy atom. The predicted octanol–water partition coefficient (Wildman–Crippen LogP) is 4.44. The Kier molecular flexibility index (Phi) is 4.19. The number of rotatable bonds is 0. The highest BCUT2D eigenvalue weighted by atomic mass is 16.3. The van der Waals surface area contributed by atoms with E-state index in [2.05, 4.69) is 32.6 Å². The lowest BCUT2D eigenvalue weighted by Gasteiger charge is -2.50. The third-order valence-corrected chi connectivity index (χ3v) is 7.30. The van der Waals surface area contributed by atoms with Crippen LogP contribution >= 0.6 is 0 Å². The zero-order valence-corrected chi connectivity index (χ0v) is 15.8. The second kappa shape index (κ2) is 6.13. The van der Waals surface area contributed by atoms with E-state index < -0.39 is 0 Å². The van der Waals surface area contributed by atoms with Crippen molar-refractivity contribution >= 4 is 5.78 Å². The van der Waals surface area contributed by atoms with Crippen LogP contribution in [0.5, 0.6) is 0 Å². The van der Waals surface area contributed by atoms with E-state index in [1.54, 1.807) is 0 Å². The molecule has 0 bridgehead atoms. The van der Waals surface area contributed by atoms with Gasteiger partial charge in [-0.25, -0.2) is 0 Å². The molecule has 0 aliphatic heterocycles. The van der Waals surface area contributed by atoms with E-state index >= 15 is 0 Å². The van der Waals surface area contributed by atoms with Crippen molar-refractivity contribution in [2.24, 2.45) is 29.1 Å². The Bertz CT molecular complexity index is 714. The molecule has 5 atom stereocenters. The fourth-order valence-corrected chi connectivity index (χ4v) is 6.05. The number of ketones is 1. The fraction of sp³-hybridized carbons (Fsp3) is 0.696. The van der Waals surface area contributed by atoms with E-state index in [9.17, 15) is 9.90 Å². The maximum Gasteiger partial charge on any atom is 0.156 e. The summed E-state index contributed by atoms with van der Waals surface area (Å²) < 4.78 is 0. The molecule has 0 spiro atoms. The average Bonchev–Trinajstić information content (AvgIpc) is 2.88. The van der Waals surface area contributed by atoms with Crippen molar-refractivity contribution in [3.63, 3.8) is 0 Å². The van der Waals surface area contributed by atoms with E-state index in [0.717, 1.165) is 18.4 Å². The lowest BCUT2D eigenvalue weighted by atomic mass is 9.55. The zero-order valence-electron chi connectivity index (χ0n) is 15.8. The molecule has 134 valence electrons. The molecule has 4 aliphatic carbocycles. The Morgan fingerprint density at radius 1 is 1.24 bits per heavy atom. The van der Waals surface area contributed by atoms with Crippen molar-refractivity contribution in [2.75, 3.05) is 0 Å². The van der Waals surface area contributed by atoms with Gasteiger partial charge in [0.1, 0.15) is 0 Å². The minimum Gasteiger partial charge on any atom is -0.392 e. The largest absolute Gasteiger partial charge is 0.392 e. The molecule has 4 aliphatic rings. The monoisotopic (exact) mass is 338 g/mol. The number of hydrogen-bond donors (Lipinski definition) is 1. The first-order valence-electron chi connectivity index (χ1n) is 10.0. The first-order valence-corrected chi connectivity index (χ1v) is 10.0. The lowest BCUT2D eigenvalue weighted by molar-refractivity contribution is -0.114. The molecule has 2 saturated carbocycles. The van der Waals surface area contributed by atoms with Crippen LogP contribution in [0.3, 0.4) is 0 Å². The van der Waals surface area contributed by atoms with Gasteiger partial charge < -0.3 is 5.11 Å². The quantitative estimate of drug-likeness (QED) is 0.663. The van der Waals surface area contributed by atoms with Crippen molar-refractivity contribution in [1.29, 1.82) is 0 Å². The SMILES string of the molecule is CC(C)C#CC1CC[C@H]2[C@H]3C(=C4CCC(=O)C=C4CC3O)CC[C@]12C. The average molecular weight is 338 g/mol. The summed E-state index contributed by atoms with van der Waals surface area (Å²) >= 11 is 0. The molecule has 2 heteroatoms. The second-order valence-electron chi connectivity index (χ2n) is 9.12. The van der Waals surface area contributed by atoms with Gasteiger partial charge in [-0.3, -0.25) is 4.79 Å². The van der Waals surface area contributed by atoms with E-state index in [1.165, 1.54) is 30.4 Å². The van der Waals surface area contributed by atoms with Gasteiger partial charge in [-0.15, -0.1) is 5.92 Å².